The largest absolute Gasteiger partial charge is 0.341 e. The molecule has 18 heavy (non-hydrogen) atoms. The lowest BCUT2D eigenvalue weighted by Gasteiger charge is -2.20. The van der Waals surface area contributed by atoms with E-state index in [9.17, 15) is 4.79 Å². The molecule has 1 aromatic carbocycles. The van der Waals surface area contributed by atoms with E-state index < -0.39 is 0 Å². The van der Waals surface area contributed by atoms with Gasteiger partial charge in [0.05, 0.1) is 6.42 Å². The first-order chi connectivity index (χ1) is 8.27. The quantitative estimate of drug-likeness (QED) is 0.887. The fourth-order valence-corrected chi connectivity index (χ4v) is 2.18. The molecule has 1 fully saturated rings. The van der Waals surface area contributed by atoms with Crippen LogP contribution in [0.15, 0.2) is 24.3 Å². The van der Waals surface area contributed by atoms with Crippen molar-refractivity contribution in [3.05, 3.63) is 35.4 Å². The standard InChI is InChI=1S/C14H20N2O.ClH/c1-12-5-2-3-6-13(12)11-14(17)16-9-4-7-15-8-10-16;/h2-3,5-6,15H,4,7-11H2,1H3;1H. The first kappa shape index (κ1) is 15.0. The number of nitrogens with zero attached hydrogens (tertiary/aromatic N) is 1. The van der Waals surface area contributed by atoms with Crippen LogP contribution in [0, 0.1) is 6.92 Å². The zero-order valence-electron chi connectivity index (χ0n) is 10.8. The van der Waals surface area contributed by atoms with Gasteiger partial charge in [0, 0.05) is 19.6 Å². The maximum absolute atomic E-state index is 12.2. The van der Waals surface area contributed by atoms with Gasteiger partial charge < -0.3 is 10.2 Å². The van der Waals surface area contributed by atoms with Crippen molar-refractivity contribution in [3.8, 4) is 0 Å². The van der Waals surface area contributed by atoms with Gasteiger partial charge >= 0.3 is 0 Å². The Morgan fingerprint density at radius 3 is 2.83 bits per heavy atom. The maximum Gasteiger partial charge on any atom is 0.227 e. The van der Waals surface area contributed by atoms with Gasteiger partial charge in [0.1, 0.15) is 0 Å². The number of carbonyl (C=O) groups excluding carboxylic acids is 1. The molecule has 1 aromatic rings. The number of aryl methyl sites for hydroxylation is 1. The third-order valence-corrected chi connectivity index (χ3v) is 3.30. The van der Waals surface area contributed by atoms with Gasteiger partial charge in [-0.3, -0.25) is 4.79 Å². The van der Waals surface area contributed by atoms with Gasteiger partial charge in [-0.05, 0) is 31.0 Å². The third kappa shape index (κ3) is 4.00. The predicted octanol–water partition coefficient (Wildman–Crippen LogP) is 1.78. The van der Waals surface area contributed by atoms with E-state index in [-0.39, 0.29) is 18.3 Å². The molecule has 1 aliphatic heterocycles. The van der Waals surface area contributed by atoms with Crippen LogP contribution >= 0.6 is 12.4 Å². The van der Waals surface area contributed by atoms with Crippen LogP contribution in [0.1, 0.15) is 17.5 Å². The number of rotatable bonds is 2. The van der Waals surface area contributed by atoms with Gasteiger partial charge in [0.25, 0.3) is 0 Å². The monoisotopic (exact) mass is 268 g/mol. The highest BCUT2D eigenvalue weighted by atomic mass is 35.5. The lowest BCUT2D eigenvalue weighted by molar-refractivity contribution is -0.130. The molecule has 1 aliphatic rings. The number of hydrogen-bond acceptors (Lipinski definition) is 2. The van der Waals surface area contributed by atoms with E-state index in [1.165, 1.54) is 5.56 Å². The highest BCUT2D eigenvalue weighted by Gasteiger charge is 2.15. The van der Waals surface area contributed by atoms with Gasteiger partial charge in [0.15, 0.2) is 0 Å². The van der Waals surface area contributed by atoms with Gasteiger partial charge in [-0.15, -0.1) is 12.4 Å². The summed E-state index contributed by atoms with van der Waals surface area (Å²) in [5.41, 5.74) is 2.35. The second kappa shape index (κ2) is 7.39. The SMILES string of the molecule is Cc1ccccc1CC(=O)N1CCCNCC1.Cl. The fourth-order valence-electron chi connectivity index (χ4n) is 2.18. The summed E-state index contributed by atoms with van der Waals surface area (Å²) in [6.07, 6.45) is 1.59. The Balaban J connectivity index is 0.00000162. The van der Waals surface area contributed by atoms with Crippen molar-refractivity contribution in [1.82, 2.24) is 10.2 Å². The van der Waals surface area contributed by atoms with Crippen LogP contribution in [-0.4, -0.2) is 37.0 Å². The van der Waals surface area contributed by atoms with Crippen LogP contribution < -0.4 is 5.32 Å². The van der Waals surface area contributed by atoms with Crippen molar-refractivity contribution in [2.45, 2.75) is 19.8 Å². The Labute approximate surface area is 115 Å². The smallest absolute Gasteiger partial charge is 0.227 e. The molecule has 0 spiro atoms. The molecule has 1 amide bonds. The molecule has 0 atom stereocenters. The predicted molar refractivity (Wildman–Crippen MR) is 76.2 cm³/mol. The molecule has 0 bridgehead atoms. The van der Waals surface area contributed by atoms with E-state index >= 15 is 0 Å². The third-order valence-electron chi connectivity index (χ3n) is 3.30. The number of halogens is 1. The van der Waals surface area contributed by atoms with Crippen molar-refractivity contribution in [3.63, 3.8) is 0 Å². The Morgan fingerprint density at radius 2 is 2.06 bits per heavy atom. The van der Waals surface area contributed by atoms with E-state index in [4.69, 9.17) is 0 Å². The molecular weight excluding hydrogens is 248 g/mol. The zero-order chi connectivity index (χ0) is 12.1. The normalized spacial score (nSPS) is 15.7. The van der Waals surface area contributed by atoms with Crippen molar-refractivity contribution in [2.75, 3.05) is 26.2 Å². The van der Waals surface area contributed by atoms with Crippen LogP contribution in [-0.2, 0) is 11.2 Å². The van der Waals surface area contributed by atoms with E-state index in [1.54, 1.807) is 0 Å². The second-order valence-electron chi connectivity index (χ2n) is 4.59. The minimum absolute atomic E-state index is 0. The zero-order valence-corrected chi connectivity index (χ0v) is 11.6. The van der Waals surface area contributed by atoms with Gasteiger partial charge in [-0.25, -0.2) is 0 Å². The van der Waals surface area contributed by atoms with E-state index in [1.807, 2.05) is 23.1 Å². The summed E-state index contributed by atoms with van der Waals surface area (Å²) in [6, 6.07) is 8.12. The Morgan fingerprint density at radius 1 is 1.28 bits per heavy atom. The van der Waals surface area contributed by atoms with Gasteiger partial charge in [-0.2, -0.15) is 0 Å². The summed E-state index contributed by atoms with van der Waals surface area (Å²) in [5, 5.41) is 3.31. The number of nitrogens with one attached hydrogen (secondary N) is 1. The van der Waals surface area contributed by atoms with Crippen molar-refractivity contribution < 1.29 is 4.79 Å². The first-order valence-corrected chi connectivity index (χ1v) is 6.30. The molecule has 0 radical (unpaired) electrons. The number of amides is 1. The van der Waals surface area contributed by atoms with E-state index in [2.05, 4.69) is 18.3 Å². The lowest BCUT2D eigenvalue weighted by Crippen LogP contribution is -2.35. The molecule has 0 saturated carbocycles. The fraction of sp³-hybridized carbons (Fsp3) is 0.500. The highest BCUT2D eigenvalue weighted by Crippen LogP contribution is 2.10. The summed E-state index contributed by atoms with van der Waals surface area (Å²) in [7, 11) is 0. The average molecular weight is 269 g/mol. The molecule has 1 saturated heterocycles. The van der Waals surface area contributed by atoms with Crippen LogP contribution in [0.2, 0.25) is 0 Å². The van der Waals surface area contributed by atoms with Crippen LogP contribution in [0.3, 0.4) is 0 Å². The molecule has 0 unspecified atom stereocenters. The Bertz CT molecular complexity index is 387. The summed E-state index contributed by atoms with van der Waals surface area (Å²) >= 11 is 0. The van der Waals surface area contributed by atoms with Crippen molar-refractivity contribution in [2.24, 2.45) is 0 Å². The maximum atomic E-state index is 12.2. The average Bonchev–Trinajstić information content (AvgIpc) is 2.61. The molecule has 2 rings (SSSR count). The molecule has 3 nitrogen and oxygen atoms in total. The van der Waals surface area contributed by atoms with Crippen LogP contribution in [0.4, 0.5) is 0 Å². The number of benzene rings is 1. The summed E-state index contributed by atoms with van der Waals surface area (Å²) < 4.78 is 0. The van der Waals surface area contributed by atoms with Crippen LogP contribution in [0.5, 0.6) is 0 Å². The summed E-state index contributed by atoms with van der Waals surface area (Å²) in [6.45, 7) is 5.72. The van der Waals surface area contributed by atoms with Crippen molar-refractivity contribution in [1.29, 1.82) is 0 Å². The van der Waals surface area contributed by atoms with Gasteiger partial charge in [0.2, 0.25) is 5.91 Å². The molecular formula is C14H21ClN2O. The van der Waals surface area contributed by atoms with E-state index in [0.717, 1.165) is 38.2 Å². The molecule has 4 heteroatoms. The minimum Gasteiger partial charge on any atom is -0.341 e. The minimum atomic E-state index is 0. The lowest BCUT2D eigenvalue weighted by atomic mass is 10.1. The summed E-state index contributed by atoms with van der Waals surface area (Å²) in [4.78, 5) is 14.1. The molecule has 1 heterocycles. The Kier molecular flexibility index (Phi) is 6.16. The molecule has 100 valence electrons. The van der Waals surface area contributed by atoms with Gasteiger partial charge in [-0.1, -0.05) is 24.3 Å². The first-order valence-electron chi connectivity index (χ1n) is 6.30. The molecule has 0 aromatic heterocycles. The topological polar surface area (TPSA) is 32.3 Å². The van der Waals surface area contributed by atoms with E-state index in [0.29, 0.717) is 6.42 Å². The highest BCUT2D eigenvalue weighted by molar-refractivity contribution is 5.85. The number of carbonyl (C=O) groups is 1. The molecule has 1 N–H and O–H groups in total. The number of hydrogen-bond donors (Lipinski definition) is 1. The Hall–Kier alpha value is -1.06. The van der Waals surface area contributed by atoms with Crippen molar-refractivity contribution >= 4 is 18.3 Å². The summed E-state index contributed by atoms with van der Waals surface area (Å²) in [5.74, 6) is 0.253. The molecule has 0 aliphatic carbocycles. The van der Waals surface area contributed by atoms with Crippen LogP contribution in [0.25, 0.3) is 0 Å². The second-order valence-corrected chi connectivity index (χ2v) is 4.59.